The minimum absolute atomic E-state index is 0.223. The number of para-hydroxylation sites is 1. The van der Waals surface area contributed by atoms with Gasteiger partial charge >= 0.3 is 0 Å². The highest BCUT2D eigenvalue weighted by Gasteiger charge is 2.14. The third-order valence-corrected chi connectivity index (χ3v) is 2.54. The lowest BCUT2D eigenvalue weighted by atomic mass is 10.3. The van der Waals surface area contributed by atoms with E-state index < -0.39 is 5.91 Å². The highest BCUT2D eigenvalue weighted by atomic mass is 16.2. The summed E-state index contributed by atoms with van der Waals surface area (Å²) in [4.78, 5) is 23.1. The normalized spacial score (nSPS) is 10.4. The number of benzene rings is 1. The zero-order chi connectivity index (χ0) is 12.4. The average Bonchev–Trinajstić information content (AvgIpc) is 2.67. The van der Waals surface area contributed by atoms with Gasteiger partial charge in [0.1, 0.15) is 5.69 Å². The number of hydrogen-bond acceptors (Lipinski definition) is 2. The molecule has 2 N–H and O–H groups in total. The zero-order valence-corrected chi connectivity index (χ0v) is 9.46. The van der Waals surface area contributed by atoms with Crippen LogP contribution in [0, 0.1) is 0 Å². The summed E-state index contributed by atoms with van der Waals surface area (Å²) < 4.78 is 3.01. The molecule has 0 bridgehead atoms. The van der Waals surface area contributed by atoms with Gasteiger partial charge in [-0.25, -0.2) is 4.68 Å². The summed E-state index contributed by atoms with van der Waals surface area (Å²) in [6, 6.07) is 10.4. The fourth-order valence-corrected chi connectivity index (χ4v) is 1.83. The van der Waals surface area contributed by atoms with Gasteiger partial charge in [-0.05, 0) is 19.1 Å². The number of nitrogens with zero attached hydrogens (tertiary/aromatic N) is 2. The average molecular weight is 231 g/mol. The molecule has 1 amide bonds. The van der Waals surface area contributed by atoms with Gasteiger partial charge in [0, 0.05) is 12.6 Å². The fourth-order valence-electron chi connectivity index (χ4n) is 1.83. The van der Waals surface area contributed by atoms with Crippen molar-refractivity contribution in [2.24, 2.45) is 5.73 Å². The van der Waals surface area contributed by atoms with Gasteiger partial charge in [0.05, 0.1) is 5.69 Å². The van der Waals surface area contributed by atoms with Gasteiger partial charge in [-0.3, -0.25) is 14.3 Å². The van der Waals surface area contributed by atoms with Crippen LogP contribution in [0.2, 0.25) is 0 Å². The maximum Gasteiger partial charge on any atom is 0.272 e. The van der Waals surface area contributed by atoms with E-state index in [1.807, 2.05) is 25.1 Å². The Bertz CT molecular complexity index is 596. The van der Waals surface area contributed by atoms with Gasteiger partial charge < -0.3 is 5.73 Å². The van der Waals surface area contributed by atoms with Gasteiger partial charge in [-0.2, -0.15) is 0 Å². The first kappa shape index (κ1) is 11.2. The number of primary amides is 1. The molecular formula is C12H13N3O2. The Hall–Kier alpha value is -2.30. The van der Waals surface area contributed by atoms with Crippen molar-refractivity contribution in [1.82, 2.24) is 9.36 Å². The number of aromatic nitrogens is 2. The molecule has 0 aliphatic heterocycles. The molecule has 0 spiro atoms. The topological polar surface area (TPSA) is 70.0 Å². The van der Waals surface area contributed by atoms with E-state index in [1.165, 1.54) is 10.7 Å². The summed E-state index contributed by atoms with van der Waals surface area (Å²) >= 11 is 0. The van der Waals surface area contributed by atoms with E-state index >= 15 is 0 Å². The zero-order valence-electron chi connectivity index (χ0n) is 9.46. The van der Waals surface area contributed by atoms with Crippen LogP contribution in [0.15, 0.2) is 41.2 Å². The summed E-state index contributed by atoms with van der Waals surface area (Å²) in [6.07, 6.45) is 0. The van der Waals surface area contributed by atoms with E-state index in [1.54, 1.807) is 16.8 Å². The number of rotatable bonds is 3. The van der Waals surface area contributed by atoms with E-state index in [2.05, 4.69) is 0 Å². The highest BCUT2D eigenvalue weighted by Crippen LogP contribution is 2.07. The SMILES string of the molecule is CCn1c(C(N)=O)cc(=O)n1-c1ccccc1. The number of carbonyl (C=O) groups is 1. The molecule has 0 saturated heterocycles. The predicted octanol–water partition coefficient (Wildman–Crippen LogP) is 0.758. The van der Waals surface area contributed by atoms with Crippen molar-refractivity contribution in [3.05, 3.63) is 52.4 Å². The first-order chi connectivity index (χ1) is 8.15. The van der Waals surface area contributed by atoms with Gasteiger partial charge in [0.15, 0.2) is 0 Å². The Morgan fingerprint density at radius 1 is 1.29 bits per heavy atom. The second kappa shape index (κ2) is 4.29. The first-order valence-corrected chi connectivity index (χ1v) is 5.33. The van der Waals surface area contributed by atoms with E-state index in [0.717, 1.165) is 0 Å². The minimum atomic E-state index is -0.598. The number of hydrogen-bond donors (Lipinski definition) is 1. The molecule has 0 aliphatic carbocycles. The van der Waals surface area contributed by atoms with Crippen molar-refractivity contribution in [2.75, 3.05) is 0 Å². The minimum Gasteiger partial charge on any atom is -0.364 e. The summed E-state index contributed by atoms with van der Waals surface area (Å²) in [5.74, 6) is -0.598. The molecule has 0 fully saturated rings. The second-order valence-electron chi connectivity index (χ2n) is 3.60. The molecule has 5 heteroatoms. The number of carbonyl (C=O) groups excluding carboxylic acids is 1. The number of nitrogens with two attached hydrogens (primary N) is 1. The monoisotopic (exact) mass is 231 g/mol. The first-order valence-electron chi connectivity index (χ1n) is 5.33. The molecule has 88 valence electrons. The van der Waals surface area contributed by atoms with Crippen LogP contribution in [0.1, 0.15) is 17.4 Å². The van der Waals surface area contributed by atoms with Crippen LogP contribution in [-0.2, 0) is 6.54 Å². The van der Waals surface area contributed by atoms with Crippen molar-refractivity contribution >= 4 is 5.91 Å². The van der Waals surface area contributed by atoms with Crippen LogP contribution in [0.4, 0.5) is 0 Å². The van der Waals surface area contributed by atoms with Crippen LogP contribution in [0.3, 0.4) is 0 Å². The van der Waals surface area contributed by atoms with Crippen molar-refractivity contribution < 1.29 is 4.79 Å². The van der Waals surface area contributed by atoms with Crippen LogP contribution in [0.25, 0.3) is 5.69 Å². The molecule has 1 heterocycles. The Morgan fingerprint density at radius 3 is 2.47 bits per heavy atom. The summed E-state index contributed by atoms with van der Waals surface area (Å²) in [5.41, 5.74) is 5.92. The summed E-state index contributed by atoms with van der Waals surface area (Å²) in [6.45, 7) is 2.35. The molecular weight excluding hydrogens is 218 g/mol. The van der Waals surface area contributed by atoms with Gasteiger partial charge in [-0.15, -0.1) is 0 Å². The van der Waals surface area contributed by atoms with Crippen molar-refractivity contribution in [1.29, 1.82) is 0 Å². The van der Waals surface area contributed by atoms with Crippen molar-refractivity contribution in [2.45, 2.75) is 13.5 Å². The Kier molecular flexibility index (Phi) is 2.82. The second-order valence-corrected chi connectivity index (χ2v) is 3.60. The Morgan fingerprint density at radius 2 is 1.94 bits per heavy atom. The fraction of sp³-hybridized carbons (Fsp3) is 0.167. The molecule has 2 aromatic rings. The molecule has 0 aliphatic rings. The third-order valence-electron chi connectivity index (χ3n) is 2.54. The lowest BCUT2D eigenvalue weighted by molar-refractivity contribution is 0.0989. The maximum atomic E-state index is 11.9. The lowest BCUT2D eigenvalue weighted by Gasteiger charge is -2.11. The number of amides is 1. The van der Waals surface area contributed by atoms with Gasteiger partial charge in [0.25, 0.3) is 11.5 Å². The van der Waals surface area contributed by atoms with Crippen LogP contribution in [0.5, 0.6) is 0 Å². The Balaban J connectivity index is 2.70. The van der Waals surface area contributed by atoms with Crippen molar-refractivity contribution in [3.63, 3.8) is 0 Å². The third kappa shape index (κ3) is 1.87. The van der Waals surface area contributed by atoms with Gasteiger partial charge in [-0.1, -0.05) is 18.2 Å². The van der Waals surface area contributed by atoms with Crippen LogP contribution >= 0.6 is 0 Å². The molecule has 0 atom stereocenters. The molecule has 2 rings (SSSR count). The summed E-state index contributed by atoms with van der Waals surface area (Å²) in [5, 5.41) is 0. The predicted molar refractivity (Wildman–Crippen MR) is 64.2 cm³/mol. The largest absolute Gasteiger partial charge is 0.364 e. The standard InChI is InChI=1S/C12H13N3O2/c1-2-14-10(12(13)17)8-11(16)15(14)9-6-4-3-5-7-9/h3-8H,2H2,1H3,(H2,13,17). The molecule has 1 aromatic carbocycles. The lowest BCUT2D eigenvalue weighted by Crippen LogP contribution is -2.23. The van der Waals surface area contributed by atoms with Crippen molar-refractivity contribution in [3.8, 4) is 5.69 Å². The van der Waals surface area contributed by atoms with E-state index in [-0.39, 0.29) is 11.3 Å². The van der Waals surface area contributed by atoms with E-state index in [9.17, 15) is 9.59 Å². The molecule has 5 nitrogen and oxygen atoms in total. The maximum absolute atomic E-state index is 11.9. The van der Waals surface area contributed by atoms with Crippen LogP contribution in [-0.4, -0.2) is 15.3 Å². The molecule has 0 unspecified atom stereocenters. The molecule has 17 heavy (non-hydrogen) atoms. The van der Waals surface area contributed by atoms with E-state index in [4.69, 9.17) is 5.73 Å². The van der Waals surface area contributed by atoms with Crippen LogP contribution < -0.4 is 11.3 Å². The quantitative estimate of drug-likeness (QED) is 0.847. The highest BCUT2D eigenvalue weighted by molar-refractivity contribution is 5.91. The molecule has 0 saturated carbocycles. The van der Waals surface area contributed by atoms with Gasteiger partial charge in [0.2, 0.25) is 0 Å². The molecule has 0 radical (unpaired) electrons. The molecule has 1 aromatic heterocycles. The van der Waals surface area contributed by atoms with E-state index in [0.29, 0.717) is 12.2 Å². The Labute approximate surface area is 98.1 Å². The smallest absolute Gasteiger partial charge is 0.272 e. The summed E-state index contributed by atoms with van der Waals surface area (Å²) in [7, 11) is 0.